The Labute approximate surface area is 215 Å². The van der Waals surface area contributed by atoms with Crippen LogP contribution < -0.4 is 14.1 Å². The molecule has 2 amide bonds. The lowest BCUT2D eigenvalue weighted by atomic mass is 10.1. The first kappa shape index (κ1) is 28.1. The van der Waals surface area contributed by atoms with E-state index in [1.807, 2.05) is 0 Å². The van der Waals surface area contributed by atoms with Crippen molar-refractivity contribution in [2.45, 2.75) is 64.8 Å². The average molecular weight is 540 g/mol. The molecule has 1 aromatic heterocycles. The molecule has 0 fully saturated rings. The molecule has 1 unspecified atom stereocenters. The van der Waals surface area contributed by atoms with E-state index in [4.69, 9.17) is 8.92 Å². The molecule has 1 aliphatic rings. The summed E-state index contributed by atoms with van der Waals surface area (Å²) in [5.74, 6) is -2.31. The van der Waals surface area contributed by atoms with Crippen molar-refractivity contribution in [2.24, 2.45) is 0 Å². The van der Waals surface area contributed by atoms with Crippen LogP contribution in [0.3, 0.4) is 0 Å². The lowest BCUT2D eigenvalue weighted by Crippen LogP contribution is -2.47. The second kappa shape index (κ2) is 10.9. The fraction of sp³-hybridized carbons (Fsp3) is 0.500. The van der Waals surface area contributed by atoms with E-state index in [1.54, 1.807) is 20.8 Å². The molecule has 2 heterocycles. The molecule has 2 N–H and O–H groups in total. The Bertz CT molecular complexity index is 1280. The number of benzene rings is 1. The average Bonchev–Trinajstić information content (AvgIpc) is 3.00. The van der Waals surface area contributed by atoms with E-state index >= 15 is 0 Å². The molecule has 3 rings (SSSR count). The molecular weight excluding hydrogens is 507 g/mol. The zero-order chi connectivity index (χ0) is 27.5. The second-order valence-electron chi connectivity index (χ2n) is 9.82. The SMILES string of the molecule is CN(C(=O)OC(C)(C)C)C1CCCC[n+]2c1nc(C(=O)NCc1ccc(F)cc1)c(O)c2OS(C)(=O)=O. The van der Waals surface area contributed by atoms with Gasteiger partial charge in [0.25, 0.3) is 17.4 Å². The zero-order valence-electron chi connectivity index (χ0n) is 21.4. The molecule has 0 bridgehead atoms. The molecule has 0 spiro atoms. The van der Waals surface area contributed by atoms with Gasteiger partial charge >= 0.3 is 27.9 Å². The molecule has 1 aliphatic heterocycles. The molecule has 0 saturated carbocycles. The molecule has 13 heteroatoms. The molecule has 0 aliphatic carbocycles. The van der Waals surface area contributed by atoms with Gasteiger partial charge in [0.2, 0.25) is 0 Å². The Morgan fingerprint density at radius 3 is 2.49 bits per heavy atom. The number of carbonyl (C=O) groups excluding carboxylic acids is 2. The summed E-state index contributed by atoms with van der Waals surface area (Å²) in [6.45, 7) is 5.41. The number of nitrogens with zero attached hydrogens (tertiary/aromatic N) is 3. The third-order valence-electron chi connectivity index (χ3n) is 5.54. The smallest absolute Gasteiger partial charge is 0.410 e. The summed E-state index contributed by atoms with van der Waals surface area (Å²) in [6.07, 6.45) is 1.85. The van der Waals surface area contributed by atoms with Gasteiger partial charge in [-0.3, -0.25) is 9.69 Å². The van der Waals surface area contributed by atoms with Gasteiger partial charge in [-0.2, -0.15) is 13.0 Å². The predicted octanol–water partition coefficient (Wildman–Crippen LogP) is 2.57. The van der Waals surface area contributed by atoms with Crippen LogP contribution in [0.1, 0.15) is 68.0 Å². The lowest BCUT2D eigenvalue weighted by molar-refractivity contribution is -0.710. The third-order valence-corrected chi connectivity index (χ3v) is 6.00. The van der Waals surface area contributed by atoms with Crippen LogP contribution in [0.5, 0.6) is 11.6 Å². The molecular formula is C24H32FN4O7S+. The summed E-state index contributed by atoms with van der Waals surface area (Å²) >= 11 is 0. The standard InChI is InChI=1S/C24H31FN4O7S/c1-24(2,3)35-23(32)28(4)17-8-6-7-13-29-20(17)27-18(19(30)22(29)36-37(5,33)34)21(31)26-14-15-9-11-16(25)12-10-15/h9-12,17H,6-8,13-14H2,1-5H3,(H-,26,30,31)/p+1. The van der Waals surface area contributed by atoms with Gasteiger partial charge in [0.05, 0.1) is 12.8 Å². The largest absolute Gasteiger partial charge is 0.498 e. The molecule has 1 aromatic carbocycles. The van der Waals surface area contributed by atoms with E-state index in [0.717, 1.165) is 6.26 Å². The first-order chi connectivity index (χ1) is 17.2. The number of hydrogen-bond acceptors (Lipinski definition) is 8. The molecule has 0 radical (unpaired) electrons. The maximum absolute atomic E-state index is 13.2. The highest BCUT2D eigenvalue weighted by molar-refractivity contribution is 7.86. The highest BCUT2D eigenvalue weighted by atomic mass is 32.2. The Hall–Kier alpha value is -3.48. The zero-order valence-corrected chi connectivity index (χ0v) is 22.3. The van der Waals surface area contributed by atoms with E-state index < -0.39 is 56.9 Å². The van der Waals surface area contributed by atoms with E-state index in [0.29, 0.717) is 24.8 Å². The fourth-order valence-corrected chi connectivity index (χ4v) is 4.31. The first-order valence-corrected chi connectivity index (χ1v) is 13.5. The van der Waals surface area contributed by atoms with Crippen molar-refractivity contribution >= 4 is 22.1 Å². The molecule has 2 aromatic rings. The second-order valence-corrected chi connectivity index (χ2v) is 11.4. The number of aromatic nitrogens is 2. The van der Waals surface area contributed by atoms with E-state index in [-0.39, 0.29) is 18.9 Å². The van der Waals surface area contributed by atoms with Crippen molar-refractivity contribution in [3.05, 3.63) is 47.2 Å². The summed E-state index contributed by atoms with van der Waals surface area (Å²) in [5, 5.41) is 13.5. The Morgan fingerprint density at radius 1 is 1.24 bits per heavy atom. The molecule has 11 nitrogen and oxygen atoms in total. The van der Waals surface area contributed by atoms with Gasteiger partial charge in [-0.1, -0.05) is 12.1 Å². The minimum Gasteiger partial charge on any atom is -0.498 e. The van der Waals surface area contributed by atoms with Crippen LogP contribution in [0.4, 0.5) is 9.18 Å². The van der Waals surface area contributed by atoms with Crippen molar-refractivity contribution < 1.29 is 41.0 Å². The summed E-state index contributed by atoms with van der Waals surface area (Å²) in [5.41, 5.74) is -0.644. The number of carbonyl (C=O) groups is 2. The Morgan fingerprint density at radius 2 is 1.89 bits per heavy atom. The van der Waals surface area contributed by atoms with Gasteiger partial charge in [-0.05, 0) is 62.7 Å². The monoisotopic (exact) mass is 539 g/mol. The van der Waals surface area contributed by atoms with Crippen molar-refractivity contribution in [3.63, 3.8) is 0 Å². The minimum atomic E-state index is -4.11. The molecule has 1 atom stereocenters. The quantitative estimate of drug-likeness (QED) is 0.422. The van der Waals surface area contributed by atoms with Crippen molar-refractivity contribution in [1.82, 2.24) is 15.2 Å². The molecule has 37 heavy (non-hydrogen) atoms. The maximum atomic E-state index is 13.2. The summed E-state index contributed by atoms with van der Waals surface area (Å²) < 4.78 is 49.2. The summed E-state index contributed by atoms with van der Waals surface area (Å²) in [4.78, 5) is 31.6. The highest BCUT2D eigenvalue weighted by Crippen LogP contribution is 2.33. The van der Waals surface area contributed by atoms with Gasteiger partial charge in [-0.15, -0.1) is 0 Å². The maximum Gasteiger partial charge on any atom is 0.410 e. The van der Waals surface area contributed by atoms with Crippen LogP contribution >= 0.6 is 0 Å². The topological polar surface area (TPSA) is 139 Å². The number of fused-ring (bicyclic) bond motifs is 1. The van der Waals surface area contributed by atoms with E-state index in [9.17, 15) is 27.5 Å². The minimum absolute atomic E-state index is 0.00598. The highest BCUT2D eigenvalue weighted by Gasteiger charge is 2.41. The van der Waals surface area contributed by atoms with Crippen LogP contribution in [-0.4, -0.2) is 54.3 Å². The fourth-order valence-electron chi connectivity index (χ4n) is 3.85. The molecule has 0 saturated heterocycles. The summed E-state index contributed by atoms with van der Waals surface area (Å²) in [6, 6.07) is 4.75. The first-order valence-electron chi connectivity index (χ1n) is 11.7. The Balaban J connectivity index is 2.06. The van der Waals surface area contributed by atoms with E-state index in [2.05, 4.69) is 10.3 Å². The number of ether oxygens (including phenoxy) is 1. The van der Waals surface area contributed by atoms with Gasteiger partial charge < -0.3 is 19.3 Å². The normalized spacial score (nSPS) is 15.8. The number of aromatic hydroxyl groups is 1. The van der Waals surface area contributed by atoms with Gasteiger partial charge in [0, 0.05) is 13.6 Å². The number of nitrogens with one attached hydrogen (secondary N) is 1. The van der Waals surface area contributed by atoms with Crippen LogP contribution in [0.25, 0.3) is 0 Å². The predicted molar refractivity (Wildman–Crippen MR) is 130 cm³/mol. The number of rotatable bonds is 6. The lowest BCUT2D eigenvalue weighted by Gasteiger charge is -2.28. The molecule has 202 valence electrons. The Kier molecular flexibility index (Phi) is 8.25. The van der Waals surface area contributed by atoms with Crippen LogP contribution in [0, 0.1) is 5.82 Å². The number of amides is 2. The van der Waals surface area contributed by atoms with Crippen molar-refractivity contribution in [3.8, 4) is 11.6 Å². The number of hydrogen-bond donors (Lipinski definition) is 2. The van der Waals surface area contributed by atoms with E-state index in [1.165, 1.54) is 40.8 Å². The van der Waals surface area contributed by atoms with Gasteiger partial charge in [-0.25, -0.2) is 9.18 Å². The summed E-state index contributed by atoms with van der Waals surface area (Å²) in [7, 11) is -2.58. The van der Waals surface area contributed by atoms with Crippen molar-refractivity contribution in [1.29, 1.82) is 0 Å². The number of halogens is 1. The van der Waals surface area contributed by atoms with Crippen LogP contribution in [0.15, 0.2) is 24.3 Å². The van der Waals surface area contributed by atoms with Crippen LogP contribution in [0.2, 0.25) is 0 Å². The van der Waals surface area contributed by atoms with Gasteiger partial charge in [0.1, 0.15) is 17.5 Å². The van der Waals surface area contributed by atoms with Crippen molar-refractivity contribution in [2.75, 3.05) is 13.3 Å². The van der Waals surface area contributed by atoms with Gasteiger partial charge in [0.15, 0.2) is 0 Å². The third kappa shape index (κ3) is 7.28. The van der Waals surface area contributed by atoms with Crippen LogP contribution in [-0.2, 0) is 27.9 Å².